The van der Waals surface area contributed by atoms with Crippen LogP contribution in [0.4, 0.5) is 9.18 Å². The zero-order valence-corrected chi connectivity index (χ0v) is 12.7. The molecule has 21 heavy (non-hydrogen) atoms. The van der Waals surface area contributed by atoms with Gasteiger partial charge in [-0.25, -0.2) is 9.18 Å². The first kappa shape index (κ1) is 17.4. The van der Waals surface area contributed by atoms with Crippen molar-refractivity contribution >= 4 is 6.09 Å². The van der Waals surface area contributed by atoms with E-state index < -0.39 is 29.7 Å². The smallest absolute Gasteiger partial charge is 0.407 e. The molecule has 0 aromatic heterocycles. The number of aliphatic hydroxyl groups is 2. The van der Waals surface area contributed by atoms with Gasteiger partial charge in [-0.05, 0) is 39.3 Å². The average molecular weight is 299 g/mol. The van der Waals surface area contributed by atoms with Crippen molar-refractivity contribution in [3.63, 3.8) is 0 Å². The van der Waals surface area contributed by atoms with Crippen LogP contribution in [0, 0.1) is 12.7 Å². The number of carbonyl (C=O) groups excluding carboxylic acids is 1. The molecule has 3 N–H and O–H groups in total. The third-order valence-corrected chi connectivity index (χ3v) is 2.79. The van der Waals surface area contributed by atoms with Crippen molar-refractivity contribution < 1.29 is 24.1 Å². The summed E-state index contributed by atoms with van der Waals surface area (Å²) in [6, 6.07) is 4.36. The summed E-state index contributed by atoms with van der Waals surface area (Å²) in [5.74, 6) is -0.598. The second kappa shape index (κ2) is 6.87. The van der Waals surface area contributed by atoms with Crippen LogP contribution in [0.15, 0.2) is 18.2 Å². The van der Waals surface area contributed by atoms with E-state index in [0.29, 0.717) is 5.56 Å². The summed E-state index contributed by atoms with van der Waals surface area (Å²) in [6.45, 7) is 6.52. The van der Waals surface area contributed by atoms with Crippen molar-refractivity contribution in [2.45, 2.75) is 45.5 Å². The molecule has 5 nitrogen and oxygen atoms in total. The Morgan fingerprint density at radius 1 is 1.38 bits per heavy atom. The van der Waals surface area contributed by atoms with E-state index in [9.17, 15) is 19.4 Å². The molecule has 0 aliphatic rings. The summed E-state index contributed by atoms with van der Waals surface area (Å²) in [7, 11) is 0. The summed E-state index contributed by atoms with van der Waals surface area (Å²) in [5, 5.41) is 22.2. The SMILES string of the molecule is Cc1cccc(F)c1C(O)C(O)CNC(=O)OC(C)(C)C. The largest absolute Gasteiger partial charge is 0.444 e. The first-order valence-corrected chi connectivity index (χ1v) is 6.70. The second-order valence-electron chi connectivity index (χ2n) is 5.87. The van der Waals surface area contributed by atoms with E-state index in [1.54, 1.807) is 33.8 Å². The van der Waals surface area contributed by atoms with Crippen molar-refractivity contribution in [3.05, 3.63) is 35.1 Å². The van der Waals surface area contributed by atoms with Gasteiger partial charge in [-0.1, -0.05) is 12.1 Å². The fraction of sp³-hybridized carbons (Fsp3) is 0.533. The molecule has 0 bridgehead atoms. The lowest BCUT2D eigenvalue weighted by Gasteiger charge is -2.23. The number of hydrogen-bond acceptors (Lipinski definition) is 4. The molecular formula is C15H22FNO4. The van der Waals surface area contributed by atoms with Gasteiger partial charge < -0.3 is 20.3 Å². The van der Waals surface area contributed by atoms with Gasteiger partial charge >= 0.3 is 6.09 Å². The fourth-order valence-corrected chi connectivity index (χ4v) is 1.83. The topological polar surface area (TPSA) is 78.8 Å². The van der Waals surface area contributed by atoms with Crippen molar-refractivity contribution in [2.75, 3.05) is 6.54 Å². The summed E-state index contributed by atoms with van der Waals surface area (Å²) in [4.78, 5) is 11.5. The van der Waals surface area contributed by atoms with Gasteiger partial charge in [0.15, 0.2) is 0 Å². The molecule has 0 aliphatic heterocycles. The number of ether oxygens (including phenoxy) is 1. The van der Waals surface area contributed by atoms with Crippen LogP contribution in [0.3, 0.4) is 0 Å². The molecule has 0 heterocycles. The minimum absolute atomic E-state index is 0.0241. The number of aryl methyl sites for hydroxylation is 1. The molecule has 1 rings (SSSR count). The molecule has 0 saturated heterocycles. The molecule has 0 radical (unpaired) electrons. The summed E-state index contributed by atoms with van der Waals surface area (Å²) in [5.41, 5.74) is -0.106. The molecule has 2 atom stereocenters. The minimum Gasteiger partial charge on any atom is -0.444 e. The van der Waals surface area contributed by atoms with Gasteiger partial charge in [0.25, 0.3) is 0 Å². The highest BCUT2D eigenvalue weighted by molar-refractivity contribution is 5.67. The zero-order chi connectivity index (χ0) is 16.2. The van der Waals surface area contributed by atoms with E-state index in [2.05, 4.69) is 5.32 Å². The van der Waals surface area contributed by atoms with Crippen molar-refractivity contribution in [1.29, 1.82) is 0 Å². The Hall–Kier alpha value is -1.66. The molecule has 1 aromatic rings. The molecular weight excluding hydrogens is 277 g/mol. The van der Waals surface area contributed by atoms with E-state index in [4.69, 9.17) is 4.74 Å². The van der Waals surface area contributed by atoms with Crippen LogP contribution in [0.5, 0.6) is 0 Å². The number of rotatable bonds is 4. The van der Waals surface area contributed by atoms with Gasteiger partial charge in [-0.15, -0.1) is 0 Å². The maximum Gasteiger partial charge on any atom is 0.407 e. The summed E-state index contributed by atoms with van der Waals surface area (Å²) < 4.78 is 18.7. The Balaban J connectivity index is 2.63. The monoisotopic (exact) mass is 299 g/mol. The number of alkyl carbamates (subject to hydrolysis) is 1. The predicted molar refractivity (Wildman–Crippen MR) is 76.3 cm³/mol. The van der Waals surface area contributed by atoms with Crippen molar-refractivity contribution in [3.8, 4) is 0 Å². The molecule has 118 valence electrons. The Morgan fingerprint density at radius 3 is 2.52 bits per heavy atom. The van der Waals surface area contributed by atoms with Gasteiger partial charge in [-0.3, -0.25) is 0 Å². The summed E-state index contributed by atoms with van der Waals surface area (Å²) in [6.07, 6.45) is -3.48. The van der Waals surface area contributed by atoms with Crippen molar-refractivity contribution in [1.82, 2.24) is 5.32 Å². The highest BCUT2D eigenvalue weighted by Gasteiger charge is 2.24. The number of benzene rings is 1. The van der Waals surface area contributed by atoms with Gasteiger partial charge in [0.1, 0.15) is 23.6 Å². The number of amides is 1. The van der Waals surface area contributed by atoms with E-state index in [1.807, 2.05) is 0 Å². The molecule has 0 spiro atoms. The Bertz CT molecular complexity index is 479. The molecule has 1 aromatic carbocycles. The van der Waals surface area contributed by atoms with E-state index in [-0.39, 0.29) is 12.1 Å². The lowest BCUT2D eigenvalue weighted by atomic mass is 9.99. The van der Waals surface area contributed by atoms with Crippen LogP contribution >= 0.6 is 0 Å². The maximum atomic E-state index is 13.7. The fourth-order valence-electron chi connectivity index (χ4n) is 1.83. The minimum atomic E-state index is -1.43. The first-order valence-electron chi connectivity index (χ1n) is 6.70. The van der Waals surface area contributed by atoms with Crippen LogP contribution in [0.2, 0.25) is 0 Å². The van der Waals surface area contributed by atoms with Crippen LogP contribution in [-0.4, -0.2) is 34.6 Å². The number of nitrogens with one attached hydrogen (secondary N) is 1. The van der Waals surface area contributed by atoms with Gasteiger partial charge in [0, 0.05) is 12.1 Å². The lowest BCUT2D eigenvalue weighted by Crippen LogP contribution is -2.39. The Labute approximate surface area is 123 Å². The third kappa shape index (κ3) is 5.32. The van der Waals surface area contributed by atoms with E-state index >= 15 is 0 Å². The van der Waals surface area contributed by atoms with Crippen LogP contribution in [-0.2, 0) is 4.74 Å². The number of halogens is 1. The van der Waals surface area contributed by atoms with Gasteiger partial charge in [0.05, 0.1) is 0 Å². The van der Waals surface area contributed by atoms with Gasteiger partial charge in [0.2, 0.25) is 0 Å². The highest BCUT2D eigenvalue weighted by Crippen LogP contribution is 2.23. The highest BCUT2D eigenvalue weighted by atomic mass is 19.1. The number of carbonyl (C=O) groups is 1. The zero-order valence-electron chi connectivity index (χ0n) is 12.7. The lowest BCUT2D eigenvalue weighted by molar-refractivity contribution is 0.0110. The van der Waals surface area contributed by atoms with E-state index in [1.165, 1.54) is 12.1 Å². The Morgan fingerprint density at radius 2 is 2.00 bits per heavy atom. The third-order valence-electron chi connectivity index (χ3n) is 2.79. The second-order valence-corrected chi connectivity index (χ2v) is 5.87. The number of aliphatic hydroxyl groups excluding tert-OH is 2. The molecule has 0 saturated carbocycles. The molecule has 0 aliphatic carbocycles. The standard InChI is InChI=1S/C15H22FNO4/c1-9-6-5-7-10(16)12(9)13(19)11(18)8-17-14(20)21-15(2,3)4/h5-7,11,13,18-19H,8H2,1-4H3,(H,17,20). The molecule has 2 unspecified atom stereocenters. The normalized spacial score (nSPS) is 14.4. The van der Waals surface area contributed by atoms with Gasteiger partial charge in [-0.2, -0.15) is 0 Å². The average Bonchev–Trinajstić information content (AvgIpc) is 2.33. The first-order chi connectivity index (χ1) is 9.61. The van der Waals surface area contributed by atoms with Crippen LogP contribution in [0.1, 0.15) is 38.0 Å². The molecule has 1 amide bonds. The van der Waals surface area contributed by atoms with Crippen molar-refractivity contribution in [2.24, 2.45) is 0 Å². The maximum absolute atomic E-state index is 13.7. The van der Waals surface area contributed by atoms with Crippen LogP contribution < -0.4 is 5.32 Å². The quantitative estimate of drug-likeness (QED) is 0.795. The summed E-state index contributed by atoms with van der Waals surface area (Å²) >= 11 is 0. The number of hydrogen-bond donors (Lipinski definition) is 3. The Kier molecular flexibility index (Phi) is 5.69. The predicted octanol–water partition coefficient (Wildman–Crippen LogP) is 2.05. The molecule has 6 heteroatoms. The van der Waals surface area contributed by atoms with Crippen LogP contribution in [0.25, 0.3) is 0 Å². The van der Waals surface area contributed by atoms with E-state index in [0.717, 1.165) is 0 Å². The molecule has 0 fully saturated rings.